The first-order chi connectivity index (χ1) is 8.54. The average Bonchev–Trinajstić information content (AvgIpc) is 2.84. The van der Waals surface area contributed by atoms with Crippen LogP contribution in [0.5, 0.6) is 0 Å². The second-order valence-corrected chi connectivity index (χ2v) is 5.28. The minimum absolute atomic E-state index is 0.0581. The molecule has 0 aliphatic rings. The Balaban J connectivity index is 2.29. The van der Waals surface area contributed by atoms with Crippen LogP contribution in [0.3, 0.4) is 0 Å². The molecule has 0 spiro atoms. The number of nitrogens with two attached hydrogens (primary N) is 1. The van der Waals surface area contributed by atoms with Gasteiger partial charge in [-0.25, -0.2) is 0 Å². The van der Waals surface area contributed by atoms with E-state index in [0.717, 1.165) is 22.0 Å². The van der Waals surface area contributed by atoms with Gasteiger partial charge in [0.15, 0.2) is 0 Å². The van der Waals surface area contributed by atoms with Crippen molar-refractivity contribution in [2.45, 2.75) is 26.3 Å². The number of hydrogen-bond donors (Lipinski definition) is 2. The molecule has 2 heterocycles. The molecule has 0 saturated heterocycles. The molecule has 0 fully saturated rings. The first-order valence-corrected chi connectivity index (χ1v) is 6.62. The van der Waals surface area contributed by atoms with Gasteiger partial charge in [0, 0.05) is 13.5 Å². The zero-order chi connectivity index (χ0) is 13.3. The summed E-state index contributed by atoms with van der Waals surface area (Å²) in [5.74, 6) is 5.62. The second kappa shape index (κ2) is 5.31. The summed E-state index contributed by atoms with van der Waals surface area (Å²) in [4.78, 5) is 1.02. The van der Waals surface area contributed by atoms with Gasteiger partial charge >= 0.3 is 0 Å². The molecule has 0 aliphatic heterocycles. The Kier molecular flexibility index (Phi) is 3.96. The molecule has 2 aromatic heterocycles. The third kappa shape index (κ3) is 2.39. The van der Waals surface area contributed by atoms with Crippen LogP contribution in [0.2, 0.25) is 5.02 Å². The fraction of sp³-hybridized carbons (Fsp3) is 0.500. The maximum Gasteiger partial charge on any atom is 0.0847 e. The first kappa shape index (κ1) is 13.4. The number of rotatable bonds is 4. The van der Waals surface area contributed by atoms with E-state index in [0.29, 0.717) is 11.4 Å². The lowest BCUT2D eigenvalue weighted by molar-refractivity contribution is 0.534. The summed E-state index contributed by atoms with van der Waals surface area (Å²) in [6.07, 6.45) is 0.650. The molecule has 1 atom stereocenters. The number of aryl methyl sites for hydroxylation is 3. The maximum absolute atomic E-state index is 6.24. The molecule has 18 heavy (non-hydrogen) atoms. The lowest BCUT2D eigenvalue weighted by atomic mass is 10.1. The minimum atomic E-state index is -0.0581. The monoisotopic (exact) mass is 286 g/mol. The first-order valence-electron chi connectivity index (χ1n) is 5.47. The Morgan fingerprint density at radius 2 is 2.17 bits per heavy atom. The molecule has 0 aliphatic carbocycles. The number of nitrogens with one attached hydrogen (secondary N) is 1. The number of hydrogen-bond acceptors (Lipinski definition) is 6. The normalized spacial score (nSPS) is 12.9. The number of hydrazine groups is 1. The smallest absolute Gasteiger partial charge is 0.0847 e. The van der Waals surface area contributed by atoms with Gasteiger partial charge in [0.1, 0.15) is 0 Å². The topological polar surface area (TPSA) is 81.7 Å². The molecule has 0 aromatic carbocycles. The van der Waals surface area contributed by atoms with Gasteiger partial charge in [0.05, 0.1) is 33.0 Å². The van der Waals surface area contributed by atoms with Gasteiger partial charge in [-0.15, -0.1) is 5.10 Å². The molecule has 8 heteroatoms. The van der Waals surface area contributed by atoms with E-state index in [-0.39, 0.29) is 6.04 Å². The van der Waals surface area contributed by atoms with Gasteiger partial charge in [0.25, 0.3) is 0 Å². The Hall–Kier alpha value is -1.02. The van der Waals surface area contributed by atoms with Gasteiger partial charge in [-0.05, 0) is 25.4 Å². The summed E-state index contributed by atoms with van der Waals surface area (Å²) >= 11 is 7.58. The van der Waals surface area contributed by atoms with Crippen LogP contribution in [0, 0.1) is 13.8 Å². The Labute approximate surface area is 114 Å². The molecule has 0 radical (unpaired) electrons. The van der Waals surface area contributed by atoms with Crippen molar-refractivity contribution < 1.29 is 0 Å². The highest BCUT2D eigenvalue weighted by Gasteiger charge is 2.21. The predicted octanol–water partition coefficient (Wildman–Crippen LogP) is 1.29. The third-order valence-electron chi connectivity index (χ3n) is 2.86. The van der Waals surface area contributed by atoms with Crippen molar-refractivity contribution in [3.8, 4) is 0 Å². The SMILES string of the molecule is Cc1nnsc1C(Cc1c(Cl)c(C)nn1C)NN. The third-order valence-corrected chi connectivity index (χ3v) is 4.29. The highest BCUT2D eigenvalue weighted by molar-refractivity contribution is 7.05. The largest absolute Gasteiger partial charge is 0.271 e. The molecule has 98 valence electrons. The predicted molar refractivity (Wildman–Crippen MR) is 71.4 cm³/mol. The molecule has 1 unspecified atom stereocenters. The van der Waals surface area contributed by atoms with Crippen molar-refractivity contribution in [1.29, 1.82) is 0 Å². The summed E-state index contributed by atoms with van der Waals surface area (Å²) in [6.45, 7) is 3.80. The summed E-state index contributed by atoms with van der Waals surface area (Å²) in [6, 6.07) is -0.0581. The lowest BCUT2D eigenvalue weighted by Gasteiger charge is -2.14. The van der Waals surface area contributed by atoms with Gasteiger partial charge < -0.3 is 0 Å². The van der Waals surface area contributed by atoms with Crippen LogP contribution in [0.25, 0.3) is 0 Å². The number of halogens is 1. The van der Waals surface area contributed by atoms with E-state index in [1.54, 1.807) is 4.68 Å². The minimum Gasteiger partial charge on any atom is -0.271 e. The quantitative estimate of drug-likeness (QED) is 0.654. The van der Waals surface area contributed by atoms with E-state index in [9.17, 15) is 0 Å². The van der Waals surface area contributed by atoms with Crippen molar-refractivity contribution in [2.24, 2.45) is 12.9 Å². The molecule has 6 nitrogen and oxygen atoms in total. The molecule has 2 rings (SSSR count). The summed E-state index contributed by atoms with van der Waals surface area (Å²) in [5.41, 5.74) is 5.45. The van der Waals surface area contributed by atoms with Crippen molar-refractivity contribution in [1.82, 2.24) is 24.8 Å². The van der Waals surface area contributed by atoms with Crippen molar-refractivity contribution in [3.63, 3.8) is 0 Å². The number of aromatic nitrogens is 4. The average molecular weight is 287 g/mol. The molecule has 0 bridgehead atoms. The molecule has 2 aromatic rings. The summed E-state index contributed by atoms with van der Waals surface area (Å²) < 4.78 is 5.71. The lowest BCUT2D eigenvalue weighted by Crippen LogP contribution is -2.30. The maximum atomic E-state index is 6.24. The Morgan fingerprint density at radius 3 is 2.61 bits per heavy atom. The van der Waals surface area contributed by atoms with E-state index < -0.39 is 0 Å². The van der Waals surface area contributed by atoms with Crippen LogP contribution in [0.1, 0.15) is 28.0 Å². The molecular weight excluding hydrogens is 272 g/mol. The highest BCUT2D eigenvalue weighted by atomic mass is 35.5. The fourth-order valence-electron chi connectivity index (χ4n) is 1.88. The molecular formula is C10H15ClN6S. The van der Waals surface area contributed by atoms with Crippen molar-refractivity contribution >= 4 is 23.1 Å². The molecule has 0 saturated carbocycles. The molecule has 0 amide bonds. The van der Waals surface area contributed by atoms with Gasteiger partial charge in [0.2, 0.25) is 0 Å². The van der Waals surface area contributed by atoms with Crippen LogP contribution in [-0.4, -0.2) is 19.4 Å². The van der Waals surface area contributed by atoms with Gasteiger partial charge in [-0.3, -0.25) is 16.0 Å². The van der Waals surface area contributed by atoms with Crippen LogP contribution in [0.4, 0.5) is 0 Å². The number of nitrogens with zero attached hydrogens (tertiary/aromatic N) is 4. The molecule has 3 N–H and O–H groups in total. The van der Waals surface area contributed by atoms with E-state index in [1.807, 2.05) is 20.9 Å². The zero-order valence-electron chi connectivity index (χ0n) is 10.4. The van der Waals surface area contributed by atoms with Crippen LogP contribution >= 0.6 is 23.1 Å². The van der Waals surface area contributed by atoms with Gasteiger partial charge in [-0.2, -0.15) is 5.10 Å². The summed E-state index contributed by atoms with van der Waals surface area (Å²) in [5, 5.41) is 8.97. The van der Waals surface area contributed by atoms with Crippen LogP contribution in [0.15, 0.2) is 0 Å². The Bertz CT molecular complexity index is 549. The standard InChI is InChI=1S/C10H15ClN6S/c1-5-9(11)8(17(3)15-5)4-7(13-12)10-6(2)14-16-18-10/h7,13H,4,12H2,1-3H3. The van der Waals surface area contributed by atoms with Crippen molar-refractivity contribution in [2.75, 3.05) is 0 Å². The van der Waals surface area contributed by atoms with Crippen LogP contribution in [-0.2, 0) is 13.5 Å². The van der Waals surface area contributed by atoms with E-state index in [4.69, 9.17) is 17.4 Å². The fourth-order valence-corrected chi connectivity index (χ4v) is 2.82. The van der Waals surface area contributed by atoms with Gasteiger partial charge in [-0.1, -0.05) is 16.1 Å². The van der Waals surface area contributed by atoms with Crippen molar-refractivity contribution in [3.05, 3.63) is 27.0 Å². The van der Waals surface area contributed by atoms with E-state index in [2.05, 4.69) is 20.1 Å². The van der Waals surface area contributed by atoms with E-state index in [1.165, 1.54) is 11.5 Å². The second-order valence-electron chi connectivity index (χ2n) is 4.12. The summed E-state index contributed by atoms with van der Waals surface area (Å²) in [7, 11) is 1.87. The van der Waals surface area contributed by atoms with Crippen LogP contribution < -0.4 is 11.3 Å². The highest BCUT2D eigenvalue weighted by Crippen LogP contribution is 2.27. The van der Waals surface area contributed by atoms with E-state index >= 15 is 0 Å². The zero-order valence-corrected chi connectivity index (χ0v) is 12.0. The Morgan fingerprint density at radius 1 is 1.44 bits per heavy atom.